The summed E-state index contributed by atoms with van der Waals surface area (Å²) in [6.07, 6.45) is 6.41. The Hall–Kier alpha value is -2.05. The van der Waals surface area contributed by atoms with Crippen LogP contribution >= 0.6 is 0 Å². The largest absolute Gasteiger partial charge is 0.493 e. The third-order valence-electron chi connectivity index (χ3n) is 4.89. The molecule has 1 aromatic carbocycles. The van der Waals surface area contributed by atoms with Gasteiger partial charge in [0, 0.05) is 44.5 Å². The van der Waals surface area contributed by atoms with Crippen LogP contribution in [0.2, 0.25) is 0 Å². The standard InChI is InChI=1S/C20H29N3O3/c1-4-23-15-21-11-17(23)13-22(14-18-8-6-10-26-18)12-16-7-5-9-19(24-2)20(16)25-3/h5,7,9,11,15,18H,4,6,8,10,12-14H2,1-3H3/t18-/m0/s1. The van der Waals surface area contributed by atoms with E-state index in [1.54, 1.807) is 14.2 Å². The number of para-hydroxylation sites is 1. The summed E-state index contributed by atoms with van der Waals surface area (Å²) in [6.45, 7) is 6.43. The summed E-state index contributed by atoms with van der Waals surface area (Å²) in [5, 5.41) is 0. The molecular formula is C20H29N3O3. The molecule has 6 nitrogen and oxygen atoms in total. The average molecular weight is 359 g/mol. The number of hydrogen-bond acceptors (Lipinski definition) is 5. The summed E-state index contributed by atoms with van der Waals surface area (Å²) < 4.78 is 19.1. The molecule has 1 fully saturated rings. The number of rotatable bonds is 9. The molecule has 3 rings (SSSR count). The molecule has 142 valence electrons. The summed E-state index contributed by atoms with van der Waals surface area (Å²) in [5.41, 5.74) is 2.33. The summed E-state index contributed by atoms with van der Waals surface area (Å²) in [7, 11) is 3.36. The minimum Gasteiger partial charge on any atom is -0.493 e. The molecule has 0 radical (unpaired) electrons. The molecule has 2 aromatic rings. The highest BCUT2D eigenvalue weighted by Gasteiger charge is 2.22. The molecule has 1 aliphatic heterocycles. The first-order chi connectivity index (χ1) is 12.7. The fourth-order valence-electron chi connectivity index (χ4n) is 3.57. The fourth-order valence-corrected chi connectivity index (χ4v) is 3.57. The van der Waals surface area contributed by atoms with Crippen molar-refractivity contribution in [1.29, 1.82) is 0 Å². The SMILES string of the molecule is CCn1cncc1CN(Cc1cccc(OC)c1OC)C[C@@H]1CCCO1. The maximum atomic E-state index is 5.88. The molecular weight excluding hydrogens is 330 g/mol. The molecule has 0 N–H and O–H groups in total. The van der Waals surface area contributed by atoms with Gasteiger partial charge in [-0.2, -0.15) is 0 Å². The zero-order chi connectivity index (χ0) is 18.4. The molecule has 0 saturated carbocycles. The number of nitrogens with zero attached hydrogens (tertiary/aromatic N) is 3. The molecule has 0 amide bonds. The number of hydrogen-bond donors (Lipinski definition) is 0. The molecule has 0 spiro atoms. The summed E-state index contributed by atoms with van der Waals surface area (Å²) in [5.74, 6) is 1.57. The molecule has 2 heterocycles. The maximum Gasteiger partial charge on any atom is 0.165 e. The van der Waals surface area contributed by atoms with Crippen molar-refractivity contribution in [2.45, 2.75) is 45.5 Å². The Bertz CT molecular complexity index is 695. The van der Waals surface area contributed by atoms with Crippen molar-refractivity contribution in [3.05, 3.63) is 42.0 Å². The second-order valence-electron chi connectivity index (χ2n) is 6.63. The number of aromatic nitrogens is 2. The van der Waals surface area contributed by atoms with Gasteiger partial charge in [0.2, 0.25) is 0 Å². The van der Waals surface area contributed by atoms with Gasteiger partial charge in [0.05, 0.1) is 32.3 Å². The highest BCUT2D eigenvalue weighted by atomic mass is 16.5. The number of aryl methyl sites for hydroxylation is 1. The third-order valence-corrected chi connectivity index (χ3v) is 4.89. The zero-order valence-electron chi connectivity index (χ0n) is 16.0. The molecule has 6 heteroatoms. The Morgan fingerprint density at radius 2 is 2.15 bits per heavy atom. The Kier molecular flexibility index (Phi) is 6.52. The van der Waals surface area contributed by atoms with Crippen LogP contribution in [0.25, 0.3) is 0 Å². The van der Waals surface area contributed by atoms with Crippen LogP contribution < -0.4 is 9.47 Å². The lowest BCUT2D eigenvalue weighted by Gasteiger charge is -2.26. The molecule has 0 aliphatic carbocycles. The van der Waals surface area contributed by atoms with Crippen molar-refractivity contribution in [2.75, 3.05) is 27.4 Å². The van der Waals surface area contributed by atoms with Crippen molar-refractivity contribution < 1.29 is 14.2 Å². The lowest BCUT2D eigenvalue weighted by molar-refractivity contribution is 0.0668. The Morgan fingerprint density at radius 1 is 1.27 bits per heavy atom. The van der Waals surface area contributed by atoms with E-state index in [0.29, 0.717) is 6.10 Å². The van der Waals surface area contributed by atoms with Gasteiger partial charge in [0.15, 0.2) is 11.5 Å². The highest BCUT2D eigenvalue weighted by molar-refractivity contribution is 5.46. The van der Waals surface area contributed by atoms with Gasteiger partial charge in [0.1, 0.15) is 0 Å². The lowest BCUT2D eigenvalue weighted by atomic mass is 10.1. The Balaban J connectivity index is 1.81. The normalized spacial score (nSPS) is 17.0. The summed E-state index contributed by atoms with van der Waals surface area (Å²) in [4.78, 5) is 6.72. The van der Waals surface area contributed by atoms with E-state index in [0.717, 1.165) is 62.7 Å². The smallest absolute Gasteiger partial charge is 0.165 e. The van der Waals surface area contributed by atoms with E-state index in [-0.39, 0.29) is 0 Å². The second-order valence-corrected chi connectivity index (χ2v) is 6.63. The van der Waals surface area contributed by atoms with Crippen LogP contribution in [0.3, 0.4) is 0 Å². The van der Waals surface area contributed by atoms with E-state index < -0.39 is 0 Å². The van der Waals surface area contributed by atoms with E-state index >= 15 is 0 Å². The first-order valence-corrected chi connectivity index (χ1v) is 9.28. The van der Waals surface area contributed by atoms with Gasteiger partial charge in [-0.05, 0) is 25.8 Å². The maximum absolute atomic E-state index is 5.88. The van der Waals surface area contributed by atoms with Gasteiger partial charge in [0.25, 0.3) is 0 Å². The number of ether oxygens (including phenoxy) is 3. The van der Waals surface area contributed by atoms with Crippen LogP contribution in [-0.2, 0) is 24.4 Å². The van der Waals surface area contributed by atoms with Crippen LogP contribution in [0.4, 0.5) is 0 Å². The molecule has 1 saturated heterocycles. The molecule has 1 atom stereocenters. The number of imidazole rings is 1. The molecule has 26 heavy (non-hydrogen) atoms. The zero-order valence-corrected chi connectivity index (χ0v) is 16.0. The van der Waals surface area contributed by atoms with Gasteiger partial charge in [-0.1, -0.05) is 12.1 Å². The van der Waals surface area contributed by atoms with E-state index in [1.807, 2.05) is 24.7 Å². The Labute approximate surface area is 155 Å². The van der Waals surface area contributed by atoms with E-state index in [2.05, 4.69) is 27.4 Å². The first kappa shape index (κ1) is 18.7. The van der Waals surface area contributed by atoms with Crippen LogP contribution in [0.1, 0.15) is 31.0 Å². The van der Waals surface area contributed by atoms with Crippen LogP contribution in [0.15, 0.2) is 30.7 Å². The predicted octanol–water partition coefficient (Wildman–Crippen LogP) is 3.10. The first-order valence-electron chi connectivity index (χ1n) is 9.28. The quantitative estimate of drug-likeness (QED) is 0.689. The van der Waals surface area contributed by atoms with E-state index in [1.165, 1.54) is 5.69 Å². The highest BCUT2D eigenvalue weighted by Crippen LogP contribution is 2.32. The van der Waals surface area contributed by atoms with E-state index in [9.17, 15) is 0 Å². The minimum absolute atomic E-state index is 0.296. The summed E-state index contributed by atoms with van der Waals surface area (Å²) >= 11 is 0. The van der Waals surface area contributed by atoms with Crippen LogP contribution in [-0.4, -0.2) is 47.9 Å². The van der Waals surface area contributed by atoms with Gasteiger partial charge in [-0.15, -0.1) is 0 Å². The molecule has 1 aromatic heterocycles. The van der Waals surface area contributed by atoms with Crippen molar-refractivity contribution in [3.8, 4) is 11.5 Å². The molecule has 0 bridgehead atoms. The van der Waals surface area contributed by atoms with Crippen LogP contribution in [0, 0.1) is 0 Å². The molecule has 0 unspecified atom stereocenters. The van der Waals surface area contributed by atoms with E-state index in [4.69, 9.17) is 14.2 Å². The fraction of sp³-hybridized carbons (Fsp3) is 0.550. The number of methoxy groups -OCH3 is 2. The van der Waals surface area contributed by atoms with Gasteiger partial charge < -0.3 is 18.8 Å². The van der Waals surface area contributed by atoms with Gasteiger partial charge >= 0.3 is 0 Å². The summed E-state index contributed by atoms with van der Waals surface area (Å²) in [6, 6.07) is 6.04. The minimum atomic E-state index is 0.296. The van der Waals surface area contributed by atoms with Crippen molar-refractivity contribution in [3.63, 3.8) is 0 Å². The van der Waals surface area contributed by atoms with Crippen LogP contribution in [0.5, 0.6) is 11.5 Å². The van der Waals surface area contributed by atoms with Crippen molar-refractivity contribution >= 4 is 0 Å². The predicted molar refractivity (Wildman–Crippen MR) is 101 cm³/mol. The van der Waals surface area contributed by atoms with Gasteiger partial charge in [-0.3, -0.25) is 4.90 Å². The lowest BCUT2D eigenvalue weighted by Crippen LogP contribution is -2.32. The third kappa shape index (κ3) is 4.37. The van der Waals surface area contributed by atoms with Crippen molar-refractivity contribution in [1.82, 2.24) is 14.5 Å². The number of benzene rings is 1. The van der Waals surface area contributed by atoms with Crippen molar-refractivity contribution in [2.24, 2.45) is 0 Å². The molecule has 1 aliphatic rings. The van der Waals surface area contributed by atoms with Gasteiger partial charge in [-0.25, -0.2) is 4.98 Å². The average Bonchev–Trinajstić information content (AvgIpc) is 3.33. The Morgan fingerprint density at radius 3 is 2.85 bits per heavy atom. The topological polar surface area (TPSA) is 48.8 Å². The second kappa shape index (κ2) is 9.05. The monoisotopic (exact) mass is 359 g/mol.